The first kappa shape index (κ1) is 20.3. The van der Waals surface area contributed by atoms with Crippen molar-refractivity contribution in [2.24, 2.45) is 4.99 Å². The Morgan fingerprint density at radius 3 is 2.57 bits per heavy atom. The van der Waals surface area contributed by atoms with E-state index in [0.29, 0.717) is 23.1 Å². The first-order valence-corrected chi connectivity index (χ1v) is 10.1. The quantitative estimate of drug-likeness (QED) is 0.632. The molecule has 0 spiro atoms. The minimum atomic E-state index is -0.574. The van der Waals surface area contributed by atoms with E-state index in [-0.39, 0.29) is 24.1 Å². The molecule has 1 N–H and O–H groups in total. The van der Waals surface area contributed by atoms with E-state index < -0.39 is 5.25 Å². The average Bonchev–Trinajstić information content (AvgIpc) is 2.94. The van der Waals surface area contributed by atoms with Gasteiger partial charge >= 0.3 is 0 Å². The maximum absolute atomic E-state index is 13.0. The average molecular weight is 462 g/mol. The van der Waals surface area contributed by atoms with Gasteiger partial charge in [0.25, 0.3) is 0 Å². The molecule has 8 heteroatoms. The smallest absolute Gasteiger partial charge is 0.242 e. The number of hydrogen-bond donors (Lipinski definition) is 1. The van der Waals surface area contributed by atoms with Crippen LogP contribution in [0.3, 0.4) is 0 Å². The number of carbonyl (C=O) groups excluding carboxylic acids is 2. The maximum atomic E-state index is 13.0. The number of amidine groups is 1. The van der Waals surface area contributed by atoms with Crippen molar-refractivity contribution in [3.63, 3.8) is 0 Å². The molecule has 1 saturated heterocycles. The zero-order valence-electron chi connectivity index (χ0n) is 14.8. The number of carbonyl (C=O) groups is 2. The molecule has 2 aromatic rings. The van der Waals surface area contributed by atoms with E-state index in [0.717, 1.165) is 4.47 Å². The van der Waals surface area contributed by atoms with Crippen LogP contribution in [0.15, 0.2) is 70.7 Å². The molecule has 28 heavy (non-hydrogen) atoms. The van der Waals surface area contributed by atoms with Gasteiger partial charge in [0, 0.05) is 23.1 Å². The molecule has 1 fully saturated rings. The molecular formula is C20H17BrFN3O2S. The zero-order chi connectivity index (χ0) is 20.1. The summed E-state index contributed by atoms with van der Waals surface area (Å²) >= 11 is 4.63. The van der Waals surface area contributed by atoms with E-state index in [1.807, 2.05) is 24.3 Å². The number of hydrogen-bond acceptors (Lipinski definition) is 4. The van der Waals surface area contributed by atoms with Gasteiger partial charge < -0.3 is 5.32 Å². The molecule has 2 aromatic carbocycles. The lowest BCUT2D eigenvalue weighted by atomic mass is 10.2. The molecule has 1 aliphatic rings. The maximum Gasteiger partial charge on any atom is 0.242 e. The summed E-state index contributed by atoms with van der Waals surface area (Å²) in [5, 5.41) is 2.64. The van der Waals surface area contributed by atoms with E-state index in [1.54, 1.807) is 6.08 Å². The summed E-state index contributed by atoms with van der Waals surface area (Å²) in [5.74, 6) is -0.885. The SMILES string of the molecule is C=CCN1C(=O)C(CC(=O)Nc2ccc(F)cc2)SC1=Nc1ccc(Br)cc1. The van der Waals surface area contributed by atoms with Gasteiger partial charge in [0.15, 0.2) is 5.17 Å². The molecule has 0 aliphatic carbocycles. The second kappa shape index (κ2) is 9.16. The number of halogens is 2. The summed E-state index contributed by atoms with van der Waals surface area (Å²) < 4.78 is 13.9. The number of nitrogens with zero attached hydrogens (tertiary/aromatic N) is 2. The van der Waals surface area contributed by atoms with Crippen molar-refractivity contribution in [1.82, 2.24) is 4.90 Å². The predicted octanol–water partition coefficient (Wildman–Crippen LogP) is 4.73. The number of nitrogens with one attached hydrogen (secondary N) is 1. The summed E-state index contributed by atoms with van der Waals surface area (Å²) in [5.41, 5.74) is 1.19. The highest BCUT2D eigenvalue weighted by atomic mass is 79.9. The summed E-state index contributed by atoms with van der Waals surface area (Å²) in [7, 11) is 0. The molecule has 0 aromatic heterocycles. The van der Waals surface area contributed by atoms with Crippen LogP contribution in [0.2, 0.25) is 0 Å². The Labute approximate surface area is 174 Å². The van der Waals surface area contributed by atoms with Gasteiger partial charge in [0.2, 0.25) is 11.8 Å². The number of thioether (sulfide) groups is 1. The molecule has 3 rings (SSSR count). The first-order valence-electron chi connectivity index (χ1n) is 8.45. The molecule has 2 amide bonds. The largest absolute Gasteiger partial charge is 0.326 e. The molecule has 1 heterocycles. The van der Waals surface area contributed by atoms with Crippen LogP contribution >= 0.6 is 27.7 Å². The van der Waals surface area contributed by atoms with Crippen molar-refractivity contribution in [3.8, 4) is 0 Å². The van der Waals surface area contributed by atoms with Gasteiger partial charge in [-0.15, -0.1) is 6.58 Å². The minimum Gasteiger partial charge on any atom is -0.326 e. The van der Waals surface area contributed by atoms with Crippen LogP contribution in [0.25, 0.3) is 0 Å². The highest BCUT2D eigenvalue weighted by Crippen LogP contribution is 2.32. The molecule has 1 aliphatic heterocycles. The van der Waals surface area contributed by atoms with Crippen molar-refractivity contribution < 1.29 is 14.0 Å². The zero-order valence-corrected chi connectivity index (χ0v) is 17.2. The van der Waals surface area contributed by atoms with Gasteiger partial charge in [-0.1, -0.05) is 33.8 Å². The molecular weight excluding hydrogens is 445 g/mol. The molecule has 1 atom stereocenters. The third-order valence-corrected chi connectivity index (χ3v) is 5.59. The Kier molecular flexibility index (Phi) is 6.64. The third-order valence-electron chi connectivity index (χ3n) is 3.88. The van der Waals surface area contributed by atoms with Gasteiger partial charge in [-0.2, -0.15) is 0 Å². The van der Waals surface area contributed by atoms with Crippen LogP contribution in [0.1, 0.15) is 6.42 Å². The molecule has 5 nitrogen and oxygen atoms in total. The fourth-order valence-electron chi connectivity index (χ4n) is 2.56. The molecule has 144 valence electrons. The Balaban J connectivity index is 1.72. The monoisotopic (exact) mass is 461 g/mol. The van der Waals surface area contributed by atoms with E-state index in [1.165, 1.54) is 40.9 Å². The standard InChI is InChI=1S/C20H17BrFN3O2S/c1-2-11-25-19(27)17(12-18(26)23-15-9-5-14(22)6-10-15)28-20(25)24-16-7-3-13(21)4-8-16/h2-10,17H,1,11-12H2,(H,23,26). The van der Waals surface area contributed by atoms with E-state index in [9.17, 15) is 14.0 Å². The van der Waals surface area contributed by atoms with Gasteiger partial charge in [-0.3, -0.25) is 14.5 Å². The van der Waals surface area contributed by atoms with Crippen molar-refractivity contribution in [2.45, 2.75) is 11.7 Å². The van der Waals surface area contributed by atoms with Crippen molar-refractivity contribution in [3.05, 3.63) is 71.5 Å². The summed E-state index contributed by atoms with van der Waals surface area (Å²) in [4.78, 5) is 31.1. The second-order valence-corrected chi connectivity index (χ2v) is 8.06. The van der Waals surface area contributed by atoms with Crippen LogP contribution in [-0.4, -0.2) is 33.7 Å². The third kappa shape index (κ3) is 5.08. The van der Waals surface area contributed by atoms with Gasteiger partial charge in [-0.05, 0) is 48.5 Å². The Morgan fingerprint density at radius 1 is 1.25 bits per heavy atom. The summed E-state index contributed by atoms with van der Waals surface area (Å²) in [6.45, 7) is 4.00. The molecule has 1 unspecified atom stereocenters. The fourth-order valence-corrected chi connectivity index (χ4v) is 3.99. The first-order chi connectivity index (χ1) is 13.5. The second-order valence-electron chi connectivity index (χ2n) is 5.97. The van der Waals surface area contributed by atoms with Crippen LogP contribution in [-0.2, 0) is 9.59 Å². The van der Waals surface area contributed by atoms with Crippen molar-refractivity contribution in [2.75, 3.05) is 11.9 Å². The van der Waals surface area contributed by atoms with E-state index >= 15 is 0 Å². The van der Waals surface area contributed by atoms with Crippen molar-refractivity contribution in [1.29, 1.82) is 0 Å². The van der Waals surface area contributed by atoms with Crippen molar-refractivity contribution >= 4 is 56.0 Å². The number of aliphatic imine (C=N–C) groups is 1. The molecule has 0 bridgehead atoms. The predicted molar refractivity (Wildman–Crippen MR) is 114 cm³/mol. The lowest BCUT2D eigenvalue weighted by molar-refractivity contribution is -0.127. The summed E-state index contributed by atoms with van der Waals surface area (Å²) in [6, 6.07) is 12.9. The van der Waals surface area contributed by atoms with Crippen LogP contribution in [0.4, 0.5) is 15.8 Å². The highest BCUT2D eigenvalue weighted by molar-refractivity contribution is 9.10. The topological polar surface area (TPSA) is 61.8 Å². The molecule has 0 saturated carbocycles. The van der Waals surface area contributed by atoms with Gasteiger partial charge in [0.1, 0.15) is 11.1 Å². The van der Waals surface area contributed by atoms with Crippen LogP contribution < -0.4 is 5.32 Å². The van der Waals surface area contributed by atoms with Crippen LogP contribution in [0, 0.1) is 5.82 Å². The van der Waals surface area contributed by atoms with E-state index in [4.69, 9.17) is 0 Å². The molecule has 0 radical (unpaired) electrons. The van der Waals surface area contributed by atoms with E-state index in [2.05, 4.69) is 32.8 Å². The van der Waals surface area contributed by atoms with Crippen LogP contribution in [0.5, 0.6) is 0 Å². The number of rotatable bonds is 6. The Bertz CT molecular complexity index is 916. The summed E-state index contributed by atoms with van der Waals surface area (Å²) in [6.07, 6.45) is 1.62. The normalized spacial score (nSPS) is 17.8. The Hall–Kier alpha value is -2.45. The van der Waals surface area contributed by atoms with Gasteiger partial charge in [-0.25, -0.2) is 9.38 Å². The number of anilines is 1. The number of benzene rings is 2. The fraction of sp³-hybridized carbons (Fsp3) is 0.150. The lowest BCUT2D eigenvalue weighted by Gasteiger charge is -2.13. The lowest BCUT2D eigenvalue weighted by Crippen LogP contribution is -2.33. The number of amides is 2. The highest BCUT2D eigenvalue weighted by Gasteiger charge is 2.38. The minimum absolute atomic E-state index is 0.00607. The van der Waals surface area contributed by atoms with Gasteiger partial charge in [0.05, 0.1) is 5.69 Å². The Morgan fingerprint density at radius 2 is 1.93 bits per heavy atom.